The molecule has 0 saturated carbocycles. The van der Waals surface area contributed by atoms with Crippen LogP contribution in [0.25, 0.3) is 0 Å². The van der Waals surface area contributed by atoms with Gasteiger partial charge in [0.2, 0.25) is 5.91 Å². The normalized spacial score (nSPS) is 25.4. The number of fused-ring (bicyclic) bond motifs is 1. The van der Waals surface area contributed by atoms with Gasteiger partial charge in [-0.2, -0.15) is 5.10 Å². The fourth-order valence-corrected chi connectivity index (χ4v) is 4.41. The molecule has 2 aliphatic heterocycles. The first-order chi connectivity index (χ1) is 12.1. The average molecular weight is 341 g/mol. The minimum atomic E-state index is -0.431. The molecule has 1 amide bonds. The largest absolute Gasteiger partial charge is 0.379 e. The summed E-state index contributed by atoms with van der Waals surface area (Å²) in [5, 5.41) is 15.8. The van der Waals surface area contributed by atoms with E-state index in [1.54, 1.807) is 11.9 Å². The Morgan fingerprint density at radius 3 is 2.76 bits per heavy atom. The summed E-state index contributed by atoms with van der Waals surface area (Å²) in [7, 11) is 0. The Balaban J connectivity index is 1.46. The maximum atomic E-state index is 13.0. The summed E-state index contributed by atoms with van der Waals surface area (Å²) in [5.41, 5.74) is 4.13. The van der Waals surface area contributed by atoms with Crippen molar-refractivity contribution in [2.45, 2.75) is 57.7 Å². The van der Waals surface area contributed by atoms with E-state index < -0.39 is 6.23 Å². The number of rotatable bonds is 3. The third-order valence-electron chi connectivity index (χ3n) is 5.97. The van der Waals surface area contributed by atoms with Gasteiger partial charge in [-0.3, -0.25) is 9.69 Å². The van der Waals surface area contributed by atoms with Crippen molar-refractivity contribution in [2.75, 3.05) is 13.1 Å². The van der Waals surface area contributed by atoms with Gasteiger partial charge < -0.3 is 5.11 Å². The van der Waals surface area contributed by atoms with Crippen molar-refractivity contribution >= 4 is 12.1 Å². The van der Waals surface area contributed by atoms with Crippen LogP contribution in [0.4, 0.5) is 0 Å². The molecule has 0 spiro atoms. The molecule has 1 aliphatic carbocycles. The first-order valence-electron chi connectivity index (χ1n) is 9.53. The minimum Gasteiger partial charge on any atom is -0.379 e. The molecule has 0 aromatic heterocycles. The molecule has 1 N–H and O–H groups in total. The van der Waals surface area contributed by atoms with Crippen LogP contribution in [0, 0.1) is 5.92 Å². The van der Waals surface area contributed by atoms with Gasteiger partial charge in [0.05, 0.1) is 6.04 Å². The van der Waals surface area contributed by atoms with Crippen LogP contribution in [0.3, 0.4) is 0 Å². The van der Waals surface area contributed by atoms with Gasteiger partial charge in [-0.05, 0) is 55.7 Å². The van der Waals surface area contributed by atoms with E-state index in [-0.39, 0.29) is 17.9 Å². The van der Waals surface area contributed by atoms with Crippen LogP contribution in [0.15, 0.2) is 23.3 Å². The van der Waals surface area contributed by atoms with E-state index in [4.69, 9.17) is 0 Å². The second kappa shape index (κ2) is 6.89. The van der Waals surface area contributed by atoms with Crippen molar-refractivity contribution < 1.29 is 9.90 Å². The van der Waals surface area contributed by atoms with Crippen LogP contribution < -0.4 is 0 Å². The zero-order valence-electron chi connectivity index (χ0n) is 14.9. The SMILES string of the molecule is C[C@@H](O)N1CCC(C(=O)N2N=CCC2c2ccc3c(c2)CCC3)CC1. The Labute approximate surface area is 149 Å². The highest BCUT2D eigenvalue weighted by Gasteiger charge is 2.35. The number of nitrogens with zero attached hydrogens (tertiary/aromatic N) is 3. The topological polar surface area (TPSA) is 56.1 Å². The van der Waals surface area contributed by atoms with E-state index in [9.17, 15) is 9.90 Å². The van der Waals surface area contributed by atoms with Crippen LogP contribution in [0.1, 0.15) is 55.3 Å². The molecule has 2 atom stereocenters. The van der Waals surface area contributed by atoms with Crippen molar-refractivity contribution in [1.82, 2.24) is 9.91 Å². The van der Waals surface area contributed by atoms with Crippen molar-refractivity contribution in [2.24, 2.45) is 11.0 Å². The van der Waals surface area contributed by atoms with Crippen LogP contribution in [-0.4, -0.2) is 46.5 Å². The standard InChI is InChI=1S/C20H27N3O2/c1-14(24)22-11-8-16(9-12-22)20(25)23-19(7-10-21-23)18-6-5-15-3-2-4-17(15)13-18/h5-6,10,13-14,16,19,24H,2-4,7-9,11-12H2,1H3/t14-,19?/m1/s1. The van der Waals surface area contributed by atoms with Gasteiger partial charge in [0.15, 0.2) is 0 Å². The fraction of sp³-hybridized carbons (Fsp3) is 0.600. The first-order valence-corrected chi connectivity index (χ1v) is 9.53. The fourth-order valence-electron chi connectivity index (χ4n) is 4.41. The van der Waals surface area contributed by atoms with Crippen molar-refractivity contribution in [3.63, 3.8) is 0 Å². The smallest absolute Gasteiger partial charge is 0.246 e. The average Bonchev–Trinajstić information content (AvgIpc) is 3.29. The summed E-state index contributed by atoms with van der Waals surface area (Å²) in [6.07, 6.45) is 7.42. The highest BCUT2D eigenvalue weighted by Crippen LogP contribution is 2.34. The number of carbonyl (C=O) groups is 1. The summed E-state index contributed by atoms with van der Waals surface area (Å²) in [6.45, 7) is 3.33. The maximum Gasteiger partial charge on any atom is 0.246 e. The zero-order chi connectivity index (χ0) is 17.4. The van der Waals surface area contributed by atoms with Gasteiger partial charge in [-0.1, -0.05) is 18.2 Å². The lowest BCUT2D eigenvalue weighted by Crippen LogP contribution is -2.44. The van der Waals surface area contributed by atoms with E-state index in [1.807, 2.05) is 11.1 Å². The number of hydrazone groups is 1. The molecule has 1 fully saturated rings. The van der Waals surface area contributed by atoms with Crippen molar-refractivity contribution in [3.05, 3.63) is 34.9 Å². The predicted molar refractivity (Wildman–Crippen MR) is 97.1 cm³/mol. The lowest BCUT2D eigenvalue weighted by atomic mass is 9.93. The number of aryl methyl sites for hydroxylation is 2. The molecule has 5 heteroatoms. The molecule has 2 heterocycles. The molecule has 134 valence electrons. The molecule has 4 rings (SSSR count). The van der Waals surface area contributed by atoms with Crippen LogP contribution in [0.2, 0.25) is 0 Å². The molecule has 1 unspecified atom stereocenters. The summed E-state index contributed by atoms with van der Waals surface area (Å²) in [4.78, 5) is 15.0. The van der Waals surface area contributed by atoms with Gasteiger partial charge in [0.25, 0.3) is 0 Å². The van der Waals surface area contributed by atoms with Crippen molar-refractivity contribution in [3.8, 4) is 0 Å². The highest BCUT2D eigenvalue weighted by atomic mass is 16.3. The number of carbonyl (C=O) groups excluding carboxylic acids is 1. The Kier molecular flexibility index (Phi) is 4.61. The highest BCUT2D eigenvalue weighted by molar-refractivity contribution is 5.82. The molecular weight excluding hydrogens is 314 g/mol. The van der Waals surface area contributed by atoms with Gasteiger partial charge in [-0.25, -0.2) is 5.01 Å². The molecule has 5 nitrogen and oxygen atoms in total. The summed E-state index contributed by atoms with van der Waals surface area (Å²) in [6, 6.07) is 6.76. The van der Waals surface area contributed by atoms with Gasteiger partial charge in [0, 0.05) is 31.6 Å². The summed E-state index contributed by atoms with van der Waals surface area (Å²) in [5.74, 6) is 0.159. The molecule has 3 aliphatic rings. The number of hydrogen-bond acceptors (Lipinski definition) is 4. The van der Waals surface area contributed by atoms with E-state index in [0.29, 0.717) is 0 Å². The third kappa shape index (κ3) is 3.23. The summed E-state index contributed by atoms with van der Waals surface area (Å²) < 4.78 is 0. The van der Waals surface area contributed by atoms with E-state index in [2.05, 4.69) is 23.3 Å². The molecule has 0 bridgehead atoms. The van der Waals surface area contributed by atoms with Gasteiger partial charge >= 0.3 is 0 Å². The number of aliphatic hydroxyl groups excluding tert-OH is 1. The second-order valence-corrected chi connectivity index (χ2v) is 7.56. The second-order valence-electron chi connectivity index (χ2n) is 7.56. The summed E-state index contributed by atoms with van der Waals surface area (Å²) >= 11 is 0. The number of likely N-dealkylation sites (tertiary alicyclic amines) is 1. The third-order valence-corrected chi connectivity index (χ3v) is 5.97. The first kappa shape index (κ1) is 16.7. The zero-order valence-corrected chi connectivity index (χ0v) is 14.9. The number of hydrogen-bond donors (Lipinski definition) is 1. The minimum absolute atomic E-state index is 0.0159. The molecule has 0 radical (unpaired) electrons. The van der Waals surface area contributed by atoms with Gasteiger partial charge in [0.1, 0.15) is 6.23 Å². The van der Waals surface area contributed by atoms with E-state index in [1.165, 1.54) is 29.5 Å². The van der Waals surface area contributed by atoms with Crippen molar-refractivity contribution in [1.29, 1.82) is 0 Å². The Hall–Kier alpha value is -1.72. The molecule has 1 aromatic rings. The lowest BCUT2D eigenvalue weighted by Gasteiger charge is -2.35. The molecular formula is C20H27N3O2. The Morgan fingerprint density at radius 2 is 2.00 bits per heavy atom. The quantitative estimate of drug-likeness (QED) is 0.919. The number of piperidine rings is 1. The molecule has 1 saturated heterocycles. The van der Waals surface area contributed by atoms with Crippen LogP contribution in [0.5, 0.6) is 0 Å². The van der Waals surface area contributed by atoms with Gasteiger partial charge in [-0.15, -0.1) is 0 Å². The molecule has 1 aromatic carbocycles. The monoisotopic (exact) mass is 341 g/mol. The molecule has 25 heavy (non-hydrogen) atoms. The maximum absolute atomic E-state index is 13.0. The lowest BCUT2D eigenvalue weighted by molar-refractivity contribution is -0.140. The predicted octanol–water partition coefficient (Wildman–Crippen LogP) is 2.48. The van der Waals surface area contributed by atoms with E-state index in [0.717, 1.165) is 38.8 Å². The number of amides is 1. The van der Waals surface area contributed by atoms with E-state index >= 15 is 0 Å². The Morgan fingerprint density at radius 1 is 1.24 bits per heavy atom. The number of benzene rings is 1. The number of aliphatic hydroxyl groups is 1. The van der Waals surface area contributed by atoms with Crippen LogP contribution in [-0.2, 0) is 17.6 Å². The Bertz CT molecular complexity index is 678. The van der Waals surface area contributed by atoms with Crippen LogP contribution >= 0.6 is 0 Å².